The highest BCUT2D eigenvalue weighted by Gasteiger charge is 2.23. The monoisotopic (exact) mass is 746 g/mol. The summed E-state index contributed by atoms with van der Waals surface area (Å²) >= 11 is 0. The van der Waals surface area contributed by atoms with E-state index in [4.69, 9.17) is 30.5 Å². The fourth-order valence-electron chi connectivity index (χ4n) is 7.08. The normalized spacial score (nSPS) is 17.1. The first-order valence-electron chi connectivity index (χ1n) is 25.7. The zero-order valence-electron chi connectivity index (χ0n) is 46.1. The van der Waals surface area contributed by atoms with Gasteiger partial charge in [0.25, 0.3) is 0 Å². The van der Waals surface area contributed by atoms with Crippen LogP contribution in [0.3, 0.4) is 0 Å². The van der Waals surface area contributed by atoms with E-state index in [2.05, 4.69) is 26.8 Å². The summed E-state index contributed by atoms with van der Waals surface area (Å²) in [6.07, 6.45) is 1.61. The van der Waals surface area contributed by atoms with E-state index < -0.39 is 45.1 Å². The second-order valence-corrected chi connectivity index (χ2v) is 15.0. The molecule has 8 aromatic rings. The predicted octanol–water partition coefficient (Wildman–Crippen LogP) is 13.7. The maximum absolute atomic E-state index is 11.4. The van der Waals surface area contributed by atoms with Crippen LogP contribution in [0.4, 0.5) is 0 Å². The largest absolute Gasteiger partial charge is 0.507 e. The molecule has 0 bridgehead atoms. The number of pyridine rings is 1. The van der Waals surface area contributed by atoms with Crippen molar-refractivity contribution in [1.82, 2.24) is 14.5 Å². The second kappa shape index (κ2) is 14.1. The third kappa shape index (κ3) is 6.92. The number of phenols is 1. The van der Waals surface area contributed by atoms with Gasteiger partial charge in [0, 0.05) is 43.6 Å². The molecule has 0 aliphatic heterocycles. The molecule has 0 aliphatic carbocycles. The molecule has 2 aromatic heterocycles. The smallest absolute Gasteiger partial charge is 0.149 e. The minimum atomic E-state index is -3.40. The van der Waals surface area contributed by atoms with Crippen LogP contribution in [-0.2, 0) is 10.8 Å². The molecule has 6 aromatic carbocycles. The average Bonchev–Trinajstić information content (AvgIpc) is 3.67. The first kappa shape index (κ1) is 23.0. The van der Waals surface area contributed by atoms with Crippen molar-refractivity contribution in [2.24, 2.45) is 0 Å². The van der Waals surface area contributed by atoms with Gasteiger partial charge in [-0.25, -0.2) is 4.98 Å². The summed E-state index contributed by atoms with van der Waals surface area (Å²) in [6.45, 7) is -9.64. The number of benzene rings is 6. The van der Waals surface area contributed by atoms with Crippen LogP contribution in [0.15, 0.2) is 146 Å². The molecule has 0 radical (unpaired) electrons. The van der Waals surface area contributed by atoms with Crippen molar-refractivity contribution in [2.45, 2.75) is 65.9 Å². The molecule has 0 atom stereocenters. The number of aromatic hydroxyl groups is 1. The van der Waals surface area contributed by atoms with Gasteiger partial charge < -0.3 is 5.11 Å². The highest BCUT2D eigenvalue weighted by molar-refractivity contribution is 5.97. The Bertz CT molecular complexity index is 3250. The lowest BCUT2D eigenvalue weighted by molar-refractivity contribution is 0.477. The first-order valence-corrected chi connectivity index (χ1v) is 18.2. The molecule has 0 amide bonds. The maximum Gasteiger partial charge on any atom is 0.149 e. The average molecular weight is 747 g/mol. The predicted molar refractivity (Wildman–Crippen MR) is 235 cm³/mol. The van der Waals surface area contributed by atoms with Gasteiger partial charge in [-0.2, -0.15) is 0 Å². The quantitative estimate of drug-likeness (QED) is 0.184. The van der Waals surface area contributed by atoms with Crippen LogP contribution in [-0.4, -0.2) is 19.6 Å². The number of para-hydroxylation sites is 2. The van der Waals surface area contributed by atoms with E-state index in [0.717, 1.165) is 11.1 Å². The second-order valence-electron chi connectivity index (χ2n) is 15.0. The van der Waals surface area contributed by atoms with Crippen molar-refractivity contribution in [1.29, 1.82) is 0 Å². The fraction of sp³-hybridized carbons (Fsp3) is 0.192. The zero-order valence-corrected chi connectivity index (χ0v) is 31.1. The lowest BCUT2D eigenvalue weighted by Crippen LogP contribution is -2.11. The van der Waals surface area contributed by atoms with Gasteiger partial charge in [-0.1, -0.05) is 126 Å². The molecular formula is C52H49N3O. The highest BCUT2D eigenvalue weighted by Crippen LogP contribution is 2.41. The molecule has 56 heavy (non-hydrogen) atoms. The number of aryl methyl sites for hydroxylation is 1. The van der Waals surface area contributed by atoms with Crippen LogP contribution in [0, 0.1) is 13.7 Å². The summed E-state index contributed by atoms with van der Waals surface area (Å²) in [6, 6.07) is 39.1. The molecular weight excluding hydrogens is 683 g/mol. The van der Waals surface area contributed by atoms with Crippen LogP contribution in [0.2, 0.25) is 0 Å². The Morgan fingerprint density at radius 2 is 1.32 bits per heavy atom. The van der Waals surface area contributed by atoms with E-state index in [1.165, 1.54) is 36.4 Å². The molecule has 0 saturated carbocycles. The van der Waals surface area contributed by atoms with E-state index in [9.17, 15) is 5.11 Å². The van der Waals surface area contributed by atoms with Crippen LogP contribution in [0.1, 0.15) is 84.1 Å². The fourth-order valence-corrected chi connectivity index (χ4v) is 7.08. The SMILES string of the molecule is [2H]C([2H])([2H])c1cc(-n2c(-c3ccccc3O)nc3c(-c4cc(-c5cc(-c6ccc(C(C([2H])([2H])[2H])(C([2H])([2H])[2H])C([2H])([2H])[2H])cc6)ccn5)cc(C(C)(C)C)c4)cccc32)cc(-c2ccccc2)c1C([2H])([2H])[2H]. The van der Waals surface area contributed by atoms with E-state index in [0.29, 0.717) is 55.8 Å². The number of aromatic nitrogens is 3. The van der Waals surface area contributed by atoms with Gasteiger partial charge in [-0.15, -0.1) is 0 Å². The summed E-state index contributed by atoms with van der Waals surface area (Å²) in [5.74, 6) is 0.178. The van der Waals surface area contributed by atoms with Crippen molar-refractivity contribution in [3.05, 3.63) is 168 Å². The topological polar surface area (TPSA) is 50.9 Å². The summed E-state index contributed by atoms with van der Waals surface area (Å²) < 4.78 is 127. The molecule has 4 nitrogen and oxygen atoms in total. The first-order chi connectivity index (χ1) is 32.9. The summed E-state index contributed by atoms with van der Waals surface area (Å²) in [7, 11) is 0. The third-order valence-electron chi connectivity index (χ3n) is 10.1. The summed E-state index contributed by atoms with van der Waals surface area (Å²) in [4.78, 5) is 9.95. The molecule has 1 N–H and O–H groups in total. The van der Waals surface area contributed by atoms with E-state index >= 15 is 0 Å². The molecule has 0 aliphatic rings. The Morgan fingerprint density at radius 1 is 0.571 bits per heavy atom. The standard InChI is InChI=1S/C52H49N3O/c1-33-27-42(32-45(34(33)2)36-15-10-9-11-16-36)55-47-19-14-18-43(49(47)54-50(55)44-17-12-13-20-48(44)56)38-28-39(30-41(29-38)52(6,7)8)46-31-37(25-26-53-46)35-21-23-40(24-22-35)51(3,4)5/h9-32,56H,1-8H3/i1D3,2D3,3D3,4D3,5D3. The third-order valence-corrected chi connectivity index (χ3v) is 10.1. The summed E-state index contributed by atoms with van der Waals surface area (Å²) in [5, 5.41) is 11.4. The molecule has 2 heterocycles. The minimum absolute atomic E-state index is 0.0900. The number of nitrogens with zero attached hydrogens (tertiary/aromatic N) is 3. The number of hydrogen-bond acceptors (Lipinski definition) is 3. The lowest BCUT2D eigenvalue weighted by Gasteiger charge is -2.22. The van der Waals surface area contributed by atoms with Gasteiger partial charge in [-0.05, 0) is 129 Å². The Kier molecular flexibility index (Phi) is 5.78. The Morgan fingerprint density at radius 3 is 2.05 bits per heavy atom. The van der Waals surface area contributed by atoms with E-state index in [1.54, 1.807) is 71.4 Å². The van der Waals surface area contributed by atoms with Gasteiger partial charge in [0.1, 0.15) is 11.6 Å². The van der Waals surface area contributed by atoms with Crippen molar-refractivity contribution in [3.63, 3.8) is 0 Å². The Hall–Kier alpha value is -6.26. The zero-order chi connectivity index (χ0) is 51.9. The van der Waals surface area contributed by atoms with Crippen LogP contribution in [0.25, 0.3) is 72.7 Å². The minimum Gasteiger partial charge on any atom is -0.507 e. The Balaban J connectivity index is 1.34. The van der Waals surface area contributed by atoms with Crippen molar-refractivity contribution < 1.29 is 25.7 Å². The maximum atomic E-state index is 11.4. The highest BCUT2D eigenvalue weighted by atomic mass is 16.3. The van der Waals surface area contributed by atoms with Crippen LogP contribution in [0.5, 0.6) is 5.75 Å². The molecule has 8 rings (SSSR count). The molecule has 0 unspecified atom stereocenters. The summed E-state index contributed by atoms with van der Waals surface area (Å²) in [5.41, 5.74) is 2.64. The lowest BCUT2D eigenvalue weighted by atomic mass is 9.83. The van der Waals surface area contributed by atoms with Crippen molar-refractivity contribution in [3.8, 4) is 67.5 Å². The molecule has 0 spiro atoms. The van der Waals surface area contributed by atoms with Crippen molar-refractivity contribution in [2.75, 3.05) is 0 Å². The number of imidazole rings is 1. The van der Waals surface area contributed by atoms with Gasteiger partial charge in [0.15, 0.2) is 0 Å². The number of rotatable bonds is 6. The van der Waals surface area contributed by atoms with Gasteiger partial charge >= 0.3 is 0 Å². The Labute approximate surface area is 352 Å². The van der Waals surface area contributed by atoms with Gasteiger partial charge in [0.2, 0.25) is 0 Å². The van der Waals surface area contributed by atoms with Crippen molar-refractivity contribution >= 4 is 11.0 Å². The molecule has 4 heteroatoms. The van der Waals surface area contributed by atoms with E-state index in [-0.39, 0.29) is 33.8 Å². The molecule has 0 fully saturated rings. The molecule has 0 saturated heterocycles. The molecule has 278 valence electrons. The van der Waals surface area contributed by atoms with Crippen LogP contribution >= 0.6 is 0 Å². The van der Waals surface area contributed by atoms with Crippen LogP contribution < -0.4 is 0 Å². The number of hydrogen-bond donors (Lipinski definition) is 1. The van der Waals surface area contributed by atoms with E-state index in [1.807, 2.05) is 36.4 Å². The number of phenolic OH excluding ortho intramolecular Hbond substituents is 1. The van der Waals surface area contributed by atoms with Gasteiger partial charge in [0.05, 0.1) is 22.3 Å². The van der Waals surface area contributed by atoms with Gasteiger partial charge in [-0.3, -0.25) is 9.55 Å². The number of fused-ring (bicyclic) bond motifs is 1.